The van der Waals surface area contributed by atoms with Crippen LogP contribution in [0.2, 0.25) is 0 Å². The quantitative estimate of drug-likeness (QED) is 0.133. The van der Waals surface area contributed by atoms with Gasteiger partial charge in [-0.05, 0) is 77.7 Å². The molecule has 0 saturated heterocycles. The zero-order valence-corrected chi connectivity index (χ0v) is 23.4. The number of hydrogen-bond donors (Lipinski definition) is 0. The third-order valence-corrected chi connectivity index (χ3v) is 9.80. The van der Waals surface area contributed by atoms with Gasteiger partial charge in [0.25, 0.3) is 0 Å². The van der Waals surface area contributed by atoms with E-state index in [0.29, 0.717) is 35.8 Å². The summed E-state index contributed by atoms with van der Waals surface area (Å²) in [5.41, 5.74) is 4.46. The van der Waals surface area contributed by atoms with E-state index in [1.54, 1.807) is 30.3 Å². The number of esters is 1. The van der Waals surface area contributed by atoms with Crippen LogP contribution in [0.5, 0.6) is 5.75 Å². The van der Waals surface area contributed by atoms with Gasteiger partial charge in [0.2, 0.25) is 10.0 Å². The lowest BCUT2D eigenvalue weighted by atomic mass is 10.0. The SMILES string of the molecule is N#CC(=Cc1ccc(OC(=O)c2ccc(S(=O)(=O)N3CCc4ccccc4C3)cc2)cc1)c1nc2ccccc2s1. The maximum absolute atomic E-state index is 13.2. The van der Waals surface area contributed by atoms with Crippen LogP contribution in [-0.4, -0.2) is 30.2 Å². The lowest BCUT2D eigenvalue weighted by Crippen LogP contribution is -2.35. The second kappa shape index (κ2) is 11.1. The van der Waals surface area contributed by atoms with Gasteiger partial charge in [0.1, 0.15) is 16.8 Å². The summed E-state index contributed by atoms with van der Waals surface area (Å²) in [5.74, 6) is -0.273. The van der Waals surface area contributed by atoms with Crippen molar-refractivity contribution < 1.29 is 17.9 Å². The maximum Gasteiger partial charge on any atom is 0.343 e. The number of thiazole rings is 1. The topological polar surface area (TPSA) is 100 Å². The van der Waals surface area contributed by atoms with Crippen LogP contribution in [-0.2, 0) is 23.0 Å². The molecule has 0 radical (unpaired) electrons. The van der Waals surface area contributed by atoms with E-state index in [1.165, 1.54) is 45.5 Å². The molecular formula is C32H23N3O4S2. The third kappa shape index (κ3) is 5.54. The molecule has 0 bridgehead atoms. The van der Waals surface area contributed by atoms with E-state index in [9.17, 15) is 18.5 Å². The summed E-state index contributed by atoms with van der Waals surface area (Å²) in [6, 6.07) is 30.4. The third-order valence-electron chi connectivity index (χ3n) is 6.87. The van der Waals surface area contributed by atoms with Gasteiger partial charge in [-0.1, -0.05) is 48.5 Å². The Morgan fingerprint density at radius 2 is 1.63 bits per heavy atom. The van der Waals surface area contributed by atoms with Crippen LogP contribution in [0.1, 0.15) is 32.1 Å². The molecule has 0 unspecified atom stereocenters. The minimum atomic E-state index is -3.70. The van der Waals surface area contributed by atoms with Gasteiger partial charge in [0, 0.05) is 13.1 Å². The molecule has 0 saturated carbocycles. The average molecular weight is 578 g/mol. The molecule has 0 N–H and O–H groups in total. The van der Waals surface area contributed by atoms with Crippen molar-refractivity contribution in [2.75, 3.05) is 6.54 Å². The van der Waals surface area contributed by atoms with Crippen molar-refractivity contribution in [3.63, 3.8) is 0 Å². The number of ether oxygens (including phenoxy) is 1. The summed E-state index contributed by atoms with van der Waals surface area (Å²) in [6.45, 7) is 0.731. The van der Waals surface area contributed by atoms with Crippen LogP contribution in [0.25, 0.3) is 21.9 Å². The molecule has 202 valence electrons. The Morgan fingerprint density at radius 3 is 2.37 bits per heavy atom. The lowest BCUT2D eigenvalue weighted by Gasteiger charge is -2.28. The summed E-state index contributed by atoms with van der Waals surface area (Å²) in [6.07, 6.45) is 2.40. The number of allylic oxidation sites excluding steroid dienone is 1. The molecule has 2 heterocycles. The fourth-order valence-corrected chi connectivity index (χ4v) is 7.03. The minimum Gasteiger partial charge on any atom is -0.423 e. The van der Waals surface area contributed by atoms with Crippen LogP contribution in [0.4, 0.5) is 0 Å². The normalized spacial score (nSPS) is 13.9. The van der Waals surface area contributed by atoms with Gasteiger partial charge in [-0.25, -0.2) is 18.2 Å². The monoisotopic (exact) mass is 577 g/mol. The van der Waals surface area contributed by atoms with Crippen molar-refractivity contribution >= 4 is 49.2 Å². The zero-order chi connectivity index (χ0) is 28.4. The molecule has 1 aromatic heterocycles. The molecule has 0 amide bonds. The van der Waals surface area contributed by atoms with Gasteiger partial charge in [-0.2, -0.15) is 9.57 Å². The number of para-hydroxylation sites is 1. The first-order valence-corrected chi connectivity index (χ1v) is 15.1. The number of carbonyl (C=O) groups is 1. The molecule has 0 atom stereocenters. The molecule has 9 heteroatoms. The standard InChI is InChI=1S/C32H23N3O4S2/c33-20-26(31-34-29-7-3-4-8-30(29)40-31)19-22-9-13-27(14-10-22)39-32(36)24-11-15-28(16-12-24)41(37,38)35-18-17-23-5-1-2-6-25(23)21-35/h1-16,19H,17-18,21H2. The average Bonchev–Trinajstić information content (AvgIpc) is 3.44. The molecular weight excluding hydrogens is 555 g/mol. The first-order valence-electron chi connectivity index (χ1n) is 12.9. The summed E-state index contributed by atoms with van der Waals surface area (Å²) < 4.78 is 34.4. The number of nitriles is 1. The first-order chi connectivity index (χ1) is 19.9. The molecule has 7 nitrogen and oxygen atoms in total. The summed E-state index contributed by atoms with van der Waals surface area (Å²) in [5, 5.41) is 10.3. The summed E-state index contributed by atoms with van der Waals surface area (Å²) in [7, 11) is -3.70. The van der Waals surface area contributed by atoms with Crippen molar-refractivity contribution in [3.8, 4) is 11.8 Å². The Kier molecular flexibility index (Phi) is 7.20. The number of sulfonamides is 1. The van der Waals surface area contributed by atoms with Gasteiger partial charge >= 0.3 is 5.97 Å². The predicted octanol–water partition coefficient (Wildman–Crippen LogP) is 6.33. The Morgan fingerprint density at radius 1 is 0.927 bits per heavy atom. The second-order valence-electron chi connectivity index (χ2n) is 9.50. The molecule has 1 aliphatic heterocycles. The van der Waals surface area contributed by atoms with E-state index >= 15 is 0 Å². The summed E-state index contributed by atoms with van der Waals surface area (Å²) >= 11 is 1.45. The van der Waals surface area contributed by atoms with E-state index in [2.05, 4.69) is 11.1 Å². The number of rotatable bonds is 6. The number of aromatic nitrogens is 1. The molecule has 0 spiro atoms. The van der Waals surface area contributed by atoms with Crippen molar-refractivity contribution in [1.29, 1.82) is 5.26 Å². The van der Waals surface area contributed by atoms with Crippen LogP contribution < -0.4 is 4.74 Å². The fraction of sp³-hybridized carbons (Fsp3) is 0.0938. The Bertz CT molecular complexity index is 1900. The zero-order valence-electron chi connectivity index (χ0n) is 21.7. The minimum absolute atomic E-state index is 0.131. The number of carbonyl (C=O) groups excluding carboxylic acids is 1. The molecule has 1 aliphatic rings. The predicted molar refractivity (Wildman–Crippen MR) is 159 cm³/mol. The highest BCUT2D eigenvalue weighted by Gasteiger charge is 2.28. The molecule has 0 aliphatic carbocycles. The van der Waals surface area contributed by atoms with Crippen molar-refractivity contribution in [2.45, 2.75) is 17.9 Å². The van der Waals surface area contributed by atoms with Gasteiger partial charge in [0.15, 0.2) is 0 Å². The van der Waals surface area contributed by atoms with Crippen LogP contribution in [0, 0.1) is 11.3 Å². The van der Waals surface area contributed by atoms with Crippen LogP contribution in [0.15, 0.2) is 102 Å². The summed E-state index contributed by atoms with van der Waals surface area (Å²) in [4.78, 5) is 17.4. The van der Waals surface area contributed by atoms with Gasteiger partial charge < -0.3 is 4.74 Å². The Hall–Kier alpha value is -4.62. The fourth-order valence-electron chi connectivity index (χ4n) is 4.68. The smallest absolute Gasteiger partial charge is 0.343 e. The Labute approximate surface area is 241 Å². The number of nitrogens with zero attached hydrogens (tertiary/aromatic N) is 3. The Balaban J connectivity index is 1.12. The van der Waals surface area contributed by atoms with Gasteiger partial charge in [-0.15, -0.1) is 11.3 Å². The molecule has 4 aromatic carbocycles. The number of hydrogen-bond acceptors (Lipinski definition) is 7. The van der Waals surface area contributed by atoms with Crippen molar-refractivity contribution in [1.82, 2.24) is 9.29 Å². The second-order valence-corrected chi connectivity index (χ2v) is 12.5. The van der Waals surface area contributed by atoms with E-state index in [0.717, 1.165) is 21.3 Å². The number of fused-ring (bicyclic) bond motifs is 2. The van der Waals surface area contributed by atoms with E-state index in [-0.39, 0.29) is 10.5 Å². The molecule has 5 aromatic rings. The molecule has 0 fully saturated rings. The van der Waals surface area contributed by atoms with E-state index in [4.69, 9.17) is 4.74 Å². The highest BCUT2D eigenvalue weighted by atomic mass is 32.2. The van der Waals surface area contributed by atoms with Crippen molar-refractivity contribution in [3.05, 3.63) is 124 Å². The molecule has 41 heavy (non-hydrogen) atoms. The molecule has 6 rings (SSSR count). The number of benzene rings is 4. The first kappa shape index (κ1) is 26.6. The van der Waals surface area contributed by atoms with Crippen LogP contribution in [0.3, 0.4) is 0 Å². The lowest BCUT2D eigenvalue weighted by molar-refractivity contribution is 0.0734. The highest BCUT2D eigenvalue weighted by Crippen LogP contribution is 2.29. The van der Waals surface area contributed by atoms with Gasteiger partial charge in [-0.3, -0.25) is 0 Å². The van der Waals surface area contributed by atoms with E-state index in [1.807, 2.05) is 48.5 Å². The largest absolute Gasteiger partial charge is 0.423 e. The van der Waals surface area contributed by atoms with Gasteiger partial charge in [0.05, 0.1) is 26.2 Å². The maximum atomic E-state index is 13.2. The van der Waals surface area contributed by atoms with E-state index < -0.39 is 16.0 Å². The highest BCUT2D eigenvalue weighted by molar-refractivity contribution is 7.89. The van der Waals surface area contributed by atoms with Crippen LogP contribution >= 0.6 is 11.3 Å². The van der Waals surface area contributed by atoms with Crippen molar-refractivity contribution in [2.24, 2.45) is 0 Å².